The van der Waals surface area contributed by atoms with Gasteiger partial charge < -0.3 is 4.90 Å². The minimum Gasteiger partial charge on any atom is -0.338 e. The summed E-state index contributed by atoms with van der Waals surface area (Å²) >= 11 is 0. The second kappa shape index (κ2) is 7.93. The number of anilines is 1. The van der Waals surface area contributed by atoms with E-state index in [1.54, 1.807) is 38.1 Å². The molecule has 1 aromatic carbocycles. The summed E-state index contributed by atoms with van der Waals surface area (Å²) < 4.78 is 50.6. The van der Waals surface area contributed by atoms with Crippen molar-refractivity contribution in [1.29, 1.82) is 0 Å². The molecule has 0 bridgehead atoms. The maximum absolute atomic E-state index is 12.6. The number of piperazine rings is 1. The van der Waals surface area contributed by atoms with Crippen LogP contribution in [0.2, 0.25) is 0 Å². The van der Waals surface area contributed by atoms with Crippen LogP contribution in [0, 0.1) is 6.92 Å². The molecule has 1 fully saturated rings. The van der Waals surface area contributed by atoms with Crippen molar-refractivity contribution in [3.63, 3.8) is 0 Å². The average molecular weight is 404 g/mol. The molecular weight excluding hydrogens is 378 g/mol. The van der Waals surface area contributed by atoms with Crippen LogP contribution in [-0.2, 0) is 24.8 Å². The van der Waals surface area contributed by atoms with Gasteiger partial charge in [0.05, 0.1) is 17.7 Å². The lowest BCUT2D eigenvalue weighted by Gasteiger charge is -2.35. The molecule has 10 heteroatoms. The number of benzene rings is 1. The largest absolute Gasteiger partial charge is 0.338 e. The van der Waals surface area contributed by atoms with E-state index in [2.05, 4.69) is 0 Å². The number of hydrogen-bond donors (Lipinski definition) is 0. The molecule has 0 saturated carbocycles. The average Bonchev–Trinajstić information content (AvgIpc) is 2.59. The van der Waals surface area contributed by atoms with Gasteiger partial charge in [0.1, 0.15) is 6.54 Å². The molecule has 0 N–H and O–H groups in total. The highest BCUT2D eigenvalue weighted by Crippen LogP contribution is 2.22. The van der Waals surface area contributed by atoms with Crippen LogP contribution in [0.3, 0.4) is 0 Å². The summed E-state index contributed by atoms with van der Waals surface area (Å²) in [6.07, 6.45) is 1.07. The molecule has 1 saturated heterocycles. The first-order chi connectivity index (χ1) is 12.1. The van der Waals surface area contributed by atoms with Crippen molar-refractivity contribution in [1.82, 2.24) is 9.21 Å². The first kappa shape index (κ1) is 20.7. The molecule has 2 rings (SSSR count). The third-order valence-corrected chi connectivity index (χ3v) is 7.42. The molecule has 0 unspecified atom stereocenters. The van der Waals surface area contributed by atoms with E-state index in [1.165, 1.54) is 9.21 Å². The lowest BCUT2D eigenvalue weighted by Crippen LogP contribution is -2.53. The molecule has 0 spiro atoms. The van der Waals surface area contributed by atoms with E-state index < -0.39 is 20.0 Å². The highest BCUT2D eigenvalue weighted by atomic mass is 32.2. The number of nitrogens with zero attached hydrogens (tertiary/aromatic N) is 3. The van der Waals surface area contributed by atoms with Crippen LogP contribution >= 0.6 is 0 Å². The van der Waals surface area contributed by atoms with Gasteiger partial charge in [-0.1, -0.05) is 18.2 Å². The number of sulfonamides is 2. The Morgan fingerprint density at radius 3 is 2.15 bits per heavy atom. The van der Waals surface area contributed by atoms with E-state index in [1.807, 2.05) is 0 Å². The predicted molar refractivity (Wildman–Crippen MR) is 101 cm³/mol. The Morgan fingerprint density at radius 2 is 1.65 bits per heavy atom. The third kappa shape index (κ3) is 4.74. The van der Waals surface area contributed by atoms with Crippen molar-refractivity contribution < 1.29 is 21.6 Å². The van der Waals surface area contributed by atoms with Crippen LogP contribution in [0.15, 0.2) is 24.3 Å². The van der Waals surface area contributed by atoms with E-state index in [0.717, 1.165) is 16.1 Å². The minimum atomic E-state index is -3.63. The maximum atomic E-state index is 12.6. The van der Waals surface area contributed by atoms with E-state index in [0.29, 0.717) is 5.69 Å². The molecular formula is C16H25N3O5S2. The summed E-state index contributed by atoms with van der Waals surface area (Å²) in [5.41, 5.74) is 1.22. The summed E-state index contributed by atoms with van der Waals surface area (Å²) in [7, 11) is -6.91. The van der Waals surface area contributed by atoms with E-state index in [-0.39, 0.29) is 44.4 Å². The summed E-state index contributed by atoms with van der Waals surface area (Å²) in [6, 6.07) is 6.97. The number of rotatable bonds is 6. The van der Waals surface area contributed by atoms with Gasteiger partial charge in [0.25, 0.3) is 0 Å². The highest BCUT2D eigenvalue weighted by Gasteiger charge is 2.30. The number of carbonyl (C=O) groups is 1. The molecule has 146 valence electrons. The zero-order chi connectivity index (χ0) is 19.5. The SMILES string of the molecule is CCS(=O)(=O)N1CCN(C(=O)CN(c2ccccc2C)S(C)(=O)=O)CC1. The Bertz CT molecular complexity index is 860. The van der Waals surface area contributed by atoms with Gasteiger partial charge >= 0.3 is 0 Å². The Balaban J connectivity index is 2.11. The molecule has 0 aromatic heterocycles. The van der Waals surface area contributed by atoms with Crippen molar-refractivity contribution in [3.05, 3.63) is 29.8 Å². The minimum absolute atomic E-state index is 0.0239. The molecule has 1 aliphatic rings. The smallest absolute Gasteiger partial charge is 0.243 e. The first-order valence-corrected chi connectivity index (χ1v) is 11.8. The highest BCUT2D eigenvalue weighted by molar-refractivity contribution is 7.92. The molecule has 0 aliphatic carbocycles. The molecule has 0 atom stereocenters. The van der Waals surface area contributed by atoms with Gasteiger partial charge in [-0.05, 0) is 25.5 Å². The molecule has 1 aliphatic heterocycles. The van der Waals surface area contributed by atoms with Gasteiger partial charge in [0, 0.05) is 26.2 Å². The van der Waals surface area contributed by atoms with Gasteiger partial charge in [-0.3, -0.25) is 9.10 Å². The van der Waals surface area contributed by atoms with Gasteiger partial charge in [0.2, 0.25) is 26.0 Å². The Morgan fingerprint density at radius 1 is 1.08 bits per heavy atom. The van der Waals surface area contributed by atoms with Crippen molar-refractivity contribution in [2.45, 2.75) is 13.8 Å². The normalized spacial score (nSPS) is 16.5. The van der Waals surface area contributed by atoms with E-state index >= 15 is 0 Å². The van der Waals surface area contributed by atoms with Crippen molar-refractivity contribution in [2.75, 3.05) is 49.0 Å². The second-order valence-electron chi connectivity index (χ2n) is 6.24. The van der Waals surface area contributed by atoms with Crippen LogP contribution in [0.5, 0.6) is 0 Å². The number of amides is 1. The summed E-state index contributed by atoms with van der Waals surface area (Å²) in [5, 5.41) is 0. The standard InChI is InChI=1S/C16H25N3O5S2/c1-4-26(23,24)18-11-9-17(10-12-18)16(20)13-19(25(3,21)22)15-8-6-5-7-14(15)2/h5-8H,4,9-13H2,1-3H3. The summed E-state index contributed by atoms with van der Waals surface area (Å²) in [6.45, 7) is 4.03. The van der Waals surface area contributed by atoms with Crippen molar-refractivity contribution >= 4 is 31.6 Å². The monoisotopic (exact) mass is 403 g/mol. The maximum Gasteiger partial charge on any atom is 0.243 e. The molecule has 26 heavy (non-hydrogen) atoms. The fourth-order valence-corrected chi connectivity index (χ4v) is 4.84. The quantitative estimate of drug-likeness (QED) is 0.679. The number of aryl methyl sites for hydroxylation is 1. The number of carbonyl (C=O) groups excluding carboxylic acids is 1. The Kier molecular flexibility index (Phi) is 6.30. The van der Waals surface area contributed by atoms with Gasteiger partial charge in [-0.15, -0.1) is 0 Å². The van der Waals surface area contributed by atoms with Crippen LogP contribution in [0.25, 0.3) is 0 Å². The van der Waals surface area contributed by atoms with Crippen molar-refractivity contribution in [2.24, 2.45) is 0 Å². The predicted octanol–water partition coefficient (Wildman–Crippen LogP) is 0.255. The lowest BCUT2D eigenvalue weighted by atomic mass is 10.2. The van der Waals surface area contributed by atoms with Gasteiger partial charge in [-0.25, -0.2) is 16.8 Å². The van der Waals surface area contributed by atoms with E-state index in [4.69, 9.17) is 0 Å². The molecule has 8 nitrogen and oxygen atoms in total. The molecule has 1 heterocycles. The zero-order valence-electron chi connectivity index (χ0n) is 15.3. The first-order valence-electron chi connectivity index (χ1n) is 8.35. The van der Waals surface area contributed by atoms with Crippen LogP contribution < -0.4 is 4.31 Å². The molecule has 0 radical (unpaired) electrons. The van der Waals surface area contributed by atoms with Crippen LogP contribution in [0.1, 0.15) is 12.5 Å². The topological polar surface area (TPSA) is 95.1 Å². The summed E-state index contributed by atoms with van der Waals surface area (Å²) in [4.78, 5) is 14.1. The fourth-order valence-electron chi connectivity index (χ4n) is 2.85. The van der Waals surface area contributed by atoms with Crippen LogP contribution in [-0.4, -0.2) is 76.7 Å². The summed E-state index contributed by atoms with van der Waals surface area (Å²) in [5.74, 6) is -0.317. The van der Waals surface area contributed by atoms with Crippen molar-refractivity contribution in [3.8, 4) is 0 Å². The number of hydrogen-bond acceptors (Lipinski definition) is 5. The van der Waals surface area contributed by atoms with Gasteiger partial charge in [-0.2, -0.15) is 4.31 Å². The number of para-hydroxylation sites is 1. The van der Waals surface area contributed by atoms with Gasteiger partial charge in [0.15, 0.2) is 0 Å². The Labute approximate surface area is 155 Å². The second-order valence-corrected chi connectivity index (χ2v) is 10.4. The van der Waals surface area contributed by atoms with Crippen LogP contribution in [0.4, 0.5) is 5.69 Å². The lowest BCUT2D eigenvalue weighted by molar-refractivity contribution is -0.130. The van der Waals surface area contributed by atoms with E-state index in [9.17, 15) is 21.6 Å². The third-order valence-electron chi connectivity index (χ3n) is 4.41. The fraction of sp³-hybridized carbons (Fsp3) is 0.562. The zero-order valence-corrected chi connectivity index (χ0v) is 16.9. The molecule has 1 amide bonds. The Hall–Kier alpha value is -1.65. The molecule has 1 aromatic rings.